The van der Waals surface area contributed by atoms with Gasteiger partial charge < -0.3 is 11.1 Å². The van der Waals surface area contributed by atoms with Crippen LogP contribution in [0.5, 0.6) is 0 Å². The van der Waals surface area contributed by atoms with E-state index in [1.54, 1.807) is 12.1 Å². The molecule has 0 saturated carbocycles. The van der Waals surface area contributed by atoms with Gasteiger partial charge in [-0.2, -0.15) is 0 Å². The van der Waals surface area contributed by atoms with Crippen molar-refractivity contribution in [3.05, 3.63) is 35.9 Å². The average Bonchev–Trinajstić information content (AvgIpc) is 2.35. The van der Waals surface area contributed by atoms with Crippen molar-refractivity contribution in [2.24, 2.45) is 5.73 Å². The predicted molar refractivity (Wildman–Crippen MR) is 66.9 cm³/mol. The third-order valence-electron chi connectivity index (χ3n) is 2.35. The second-order valence-electron chi connectivity index (χ2n) is 3.52. The van der Waals surface area contributed by atoms with Crippen molar-refractivity contribution in [2.45, 2.75) is 18.3 Å². The number of Topliss-reactive ketones (excluding diaryl/α,β-unsaturated/α-hetero) is 1. The van der Waals surface area contributed by atoms with Gasteiger partial charge in [0.05, 0.1) is 11.4 Å². The first-order chi connectivity index (χ1) is 7.70. The van der Waals surface area contributed by atoms with Gasteiger partial charge in [-0.1, -0.05) is 37.3 Å². The van der Waals surface area contributed by atoms with Gasteiger partial charge in [0.2, 0.25) is 0 Å². The summed E-state index contributed by atoms with van der Waals surface area (Å²) in [5.74, 6) is -0.00657. The Morgan fingerprint density at radius 3 is 2.56 bits per heavy atom. The standard InChI is InChI=1S/C12H17ClN2O/c1-2-15-11(10(13)8-14)12(16)9-6-4-3-5-7-9/h3-7,10-11,15H,2,8,14H2,1H3. The molecule has 0 amide bonds. The summed E-state index contributed by atoms with van der Waals surface area (Å²) in [4.78, 5) is 12.1. The first kappa shape index (κ1) is 13.2. The van der Waals surface area contributed by atoms with E-state index in [0.29, 0.717) is 12.1 Å². The van der Waals surface area contributed by atoms with Gasteiger partial charge in [0.1, 0.15) is 0 Å². The van der Waals surface area contributed by atoms with Gasteiger partial charge in [-0.15, -0.1) is 11.6 Å². The number of hydrogen-bond acceptors (Lipinski definition) is 3. The minimum Gasteiger partial charge on any atom is -0.329 e. The molecule has 88 valence electrons. The van der Waals surface area contributed by atoms with Gasteiger partial charge in [-0.3, -0.25) is 4.79 Å². The van der Waals surface area contributed by atoms with E-state index in [9.17, 15) is 4.79 Å². The Morgan fingerprint density at radius 2 is 2.06 bits per heavy atom. The van der Waals surface area contributed by atoms with Crippen LogP contribution in [0.2, 0.25) is 0 Å². The SMILES string of the molecule is CCNC(C(=O)c1ccccc1)C(Cl)CN. The second-order valence-corrected chi connectivity index (χ2v) is 4.08. The normalized spacial score (nSPS) is 14.4. The zero-order valence-electron chi connectivity index (χ0n) is 9.32. The summed E-state index contributed by atoms with van der Waals surface area (Å²) in [5.41, 5.74) is 6.15. The summed E-state index contributed by atoms with van der Waals surface area (Å²) < 4.78 is 0. The molecule has 1 aromatic rings. The molecule has 2 atom stereocenters. The lowest BCUT2D eigenvalue weighted by molar-refractivity contribution is 0.0942. The third kappa shape index (κ3) is 3.30. The molecular weight excluding hydrogens is 224 g/mol. The van der Waals surface area contributed by atoms with Crippen molar-refractivity contribution in [2.75, 3.05) is 13.1 Å². The number of carbonyl (C=O) groups excluding carboxylic acids is 1. The molecule has 0 saturated heterocycles. The molecule has 3 N–H and O–H groups in total. The van der Waals surface area contributed by atoms with Gasteiger partial charge >= 0.3 is 0 Å². The van der Waals surface area contributed by atoms with Gasteiger partial charge in [0.25, 0.3) is 0 Å². The lowest BCUT2D eigenvalue weighted by Crippen LogP contribution is -2.46. The molecule has 0 aromatic heterocycles. The van der Waals surface area contributed by atoms with E-state index >= 15 is 0 Å². The van der Waals surface area contributed by atoms with E-state index in [0.717, 1.165) is 0 Å². The number of nitrogens with one attached hydrogen (secondary N) is 1. The highest BCUT2D eigenvalue weighted by atomic mass is 35.5. The van der Waals surface area contributed by atoms with E-state index in [1.807, 2.05) is 25.1 Å². The zero-order valence-corrected chi connectivity index (χ0v) is 10.1. The van der Waals surface area contributed by atoms with E-state index in [-0.39, 0.29) is 17.7 Å². The van der Waals surface area contributed by atoms with E-state index < -0.39 is 6.04 Å². The highest BCUT2D eigenvalue weighted by Crippen LogP contribution is 2.10. The number of likely N-dealkylation sites (N-methyl/N-ethyl adjacent to an activating group) is 1. The number of carbonyl (C=O) groups is 1. The number of rotatable bonds is 6. The third-order valence-corrected chi connectivity index (χ3v) is 2.78. The number of hydrogen-bond donors (Lipinski definition) is 2. The van der Waals surface area contributed by atoms with Crippen LogP contribution in [-0.4, -0.2) is 30.3 Å². The number of alkyl halides is 1. The predicted octanol–water partition coefficient (Wildman–Crippen LogP) is 1.41. The summed E-state index contributed by atoms with van der Waals surface area (Å²) in [7, 11) is 0. The Labute approximate surface area is 101 Å². The maximum absolute atomic E-state index is 12.1. The second kappa shape index (κ2) is 6.63. The largest absolute Gasteiger partial charge is 0.329 e. The lowest BCUT2D eigenvalue weighted by Gasteiger charge is -2.20. The molecule has 4 heteroatoms. The fourth-order valence-electron chi connectivity index (χ4n) is 1.52. The molecule has 3 nitrogen and oxygen atoms in total. The molecule has 0 aliphatic heterocycles. The highest BCUT2D eigenvalue weighted by Gasteiger charge is 2.25. The first-order valence-electron chi connectivity index (χ1n) is 5.37. The number of ketones is 1. The molecule has 0 spiro atoms. The van der Waals surface area contributed by atoms with E-state index in [2.05, 4.69) is 5.32 Å². The monoisotopic (exact) mass is 240 g/mol. The summed E-state index contributed by atoms with van der Waals surface area (Å²) in [5, 5.41) is 2.69. The summed E-state index contributed by atoms with van der Waals surface area (Å²) in [6.07, 6.45) is 0. The van der Waals surface area contributed by atoms with Crippen molar-refractivity contribution < 1.29 is 4.79 Å². The van der Waals surface area contributed by atoms with Gasteiger partial charge in [-0.05, 0) is 6.54 Å². The molecule has 2 unspecified atom stereocenters. The van der Waals surface area contributed by atoms with Crippen molar-refractivity contribution >= 4 is 17.4 Å². The number of nitrogens with two attached hydrogens (primary N) is 1. The molecule has 0 fully saturated rings. The Hall–Kier alpha value is -0.900. The van der Waals surface area contributed by atoms with Crippen LogP contribution < -0.4 is 11.1 Å². The van der Waals surface area contributed by atoms with Gasteiger partial charge in [0, 0.05) is 12.1 Å². The van der Waals surface area contributed by atoms with Crippen molar-refractivity contribution in [3.63, 3.8) is 0 Å². The summed E-state index contributed by atoms with van der Waals surface area (Å²) in [6.45, 7) is 2.90. The van der Waals surface area contributed by atoms with Crippen LogP contribution in [0.25, 0.3) is 0 Å². The van der Waals surface area contributed by atoms with Gasteiger partial charge in [-0.25, -0.2) is 0 Å². The molecule has 16 heavy (non-hydrogen) atoms. The van der Waals surface area contributed by atoms with Crippen molar-refractivity contribution in [1.82, 2.24) is 5.32 Å². The van der Waals surface area contributed by atoms with Crippen molar-refractivity contribution in [3.8, 4) is 0 Å². The van der Waals surface area contributed by atoms with Crippen molar-refractivity contribution in [1.29, 1.82) is 0 Å². The maximum Gasteiger partial charge on any atom is 0.181 e. The molecular formula is C12H17ClN2O. The minimum absolute atomic E-state index is 0.00657. The Balaban J connectivity index is 2.83. The highest BCUT2D eigenvalue weighted by molar-refractivity contribution is 6.24. The van der Waals surface area contributed by atoms with Crippen LogP contribution in [0.1, 0.15) is 17.3 Å². The Morgan fingerprint density at radius 1 is 1.44 bits per heavy atom. The van der Waals surface area contributed by atoms with E-state index in [1.165, 1.54) is 0 Å². The quantitative estimate of drug-likeness (QED) is 0.584. The molecule has 0 aliphatic carbocycles. The Kier molecular flexibility index (Phi) is 5.46. The van der Waals surface area contributed by atoms with Crippen LogP contribution >= 0.6 is 11.6 Å². The minimum atomic E-state index is -0.418. The van der Waals surface area contributed by atoms with Crippen LogP contribution in [-0.2, 0) is 0 Å². The summed E-state index contributed by atoms with van der Waals surface area (Å²) >= 11 is 6.05. The van der Waals surface area contributed by atoms with Crippen LogP contribution in [0, 0.1) is 0 Å². The number of halogens is 1. The molecule has 0 bridgehead atoms. The smallest absolute Gasteiger partial charge is 0.181 e. The number of benzene rings is 1. The maximum atomic E-state index is 12.1. The van der Waals surface area contributed by atoms with Crippen LogP contribution in [0.3, 0.4) is 0 Å². The molecule has 0 aliphatic rings. The fourth-order valence-corrected chi connectivity index (χ4v) is 1.73. The van der Waals surface area contributed by atoms with E-state index in [4.69, 9.17) is 17.3 Å². The lowest BCUT2D eigenvalue weighted by atomic mass is 10.0. The summed E-state index contributed by atoms with van der Waals surface area (Å²) in [6, 6.07) is 8.70. The Bertz CT molecular complexity index is 329. The average molecular weight is 241 g/mol. The molecule has 1 aromatic carbocycles. The van der Waals surface area contributed by atoms with Gasteiger partial charge in [0.15, 0.2) is 5.78 Å². The zero-order chi connectivity index (χ0) is 12.0. The van der Waals surface area contributed by atoms with Crippen LogP contribution in [0.15, 0.2) is 30.3 Å². The van der Waals surface area contributed by atoms with Crippen LogP contribution in [0.4, 0.5) is 0 Å². The molecule has 0 heterocycles. The fraction of sp³-hybridized carbons (Fsp3) is 0.417. The topological polar surface area (TPSA) is 55.1 Å². The molecule has 0 radical (unpaired) electrons. The first-order valence-corrected chi connectivity index (χ1v) is 5.81. The molecule has 1 rings (SSSR count).